The average molecular weight is 242 g/mol. The molecule has 0 saturated carbocycles. The minimum Gasteiger partial charge on any atom is -0.288 e. The lowest BCUT2D eigenvalue weighted by atomic mass is 10.3. The second-order valence-corrected chi connectivity index (χ2v) is 4.61. The third-order valence-corrected chi connectivity index (χ3v) is 3.33. The number of thiazole rings is 1. The predicted octanol–water partition coefficient (Wildman–Crippen LogP) is 3.27. The molecule has 0 saturated heterocycles. The Hall–Kier alpha value is -0.870. The lowest BCUT2D eigenvalue weighted by molar-refractivity contribution is 0.720. The fourth-order valence-corrected chi connectivity index (χ4v) is 2.19. The molecule has 0 aliphatic carbocycles. The minimum absolute atomic E-state index is 0.324. The normalized spacial score (nSPS) is 14.1. The van der Waals surface area contributed by atoms with E-state index >= 15 is 0 Å². The first-order valence-corrected chi connectivity index (χ1v) is 6.12. The van der Waals surface area contributed by atoms with Crippen molar-refractivity contribution in [2.24, 2.45) is 4.99 Å². The van der Waals surface area contributed by atoms with Gasteiger partial charge in [0.15, 0.2) is 10.1 Å². The molecule has 0 radical (unpaired) electrons. The number of nitrogens with zero attached hydrogens (tertiary/aromatic N) is 3. The SMILES string of the molecule is CC[C@@H](C)N=Cc1c(Cl)nc2sccn12. The zero-order valence-electron chi connectivity index (χ0n) is 8.64. The average Bonchev–Trinajstić information content (AvgIpc) is 2.75. The van der Waals surface area contributed by atoms with Crippen molar-refractivity contribution in [3.05, 3.63) is 22.4 Å². The first-order valence-electron chi connectivity index (χ1n) is 4.86. The van der Waals surface area contributed by atoms with Gasteiger partial charge >= 0.3 is 0 Å². The Balaban J connectivity index is 2.37. The fourth-order valence-electron chi connectivity index (χ4n) is 1.20. The molecule has 2 rings (SSSR count). The maximum Gasteiger partial charge on any atom is 0.195 e. The van der Waals surface area contributed by atoms with Gasteiger partial charge in [-0.15, -0.1) is 11.3 Å². The highest BCUT2D eigenvalue weighted by molar-refractivity contribution is 7.15. The van der Waals surface area contributed by atoms with Gasteiger partial charge in [-0.05, 0) is 13.3 Å². The topological polar surface area (TPSA) is 29.7 Å². The molecule has 2 aromatic rings. The summed E-state index contributed by atoms with van der Waals surface area (Å²) in [6.45, 7) is 4.19. The third kappa shape index (κ3) is 2.06. The molecule has 0 bridgehead atoms. The Bertz CT molecular complexity index is 486. The smallest absolute Gasteiger partial charge is 0.195 e. The van der Waals surface area contributed by atoms with E-state index in [9.17, 15) is 0 Å². The molecule has 80 valence electrons. The van der Waals surface area contributed by atoms with E-state index in [1.807, 2.05) is 22.2 Å². The molecule has 5 heteroatoms. The number of aromatic nitrogens is 2. The van der Waals surface area contributed by atoms with Gasteiger partial charge in [0.05, 0.1) is 0 Å². The molecule has 15 heavy (non-hydrogen) atoms. The van der Waals surface area contributed by atoms with Crippen LogP contribution in [-0.4, -0.2) is 21.6 Å². The van der Waals surface area contributed by atoms with Gasteiger partial charge < -0.3 is 0 Å². The van der Waals surface area contributed by atoms with Gasteiger partial charge in [-0.25, -0.2) is 4.98 Å². The van der Waals surface area contributed by atoms with Crippen molar-refractivity contribution in [1.29, 1.82) is 0 Å². The van der Waals surface area contributed by atoms with Gasteiger partial charge in [0.25, 0.3) is 0 Å². The summed E-state index contributed by atoms with van der Waals surface area (Å²) in [5, 5.41) is 2.51. The van der Waals surface area contributed by atoms with E-state index in [2.05, 4.69) is 23.8 Å². The molecular formula is C10H12ClN3S. The molecule has 0 N–H and O–H groups in total. The molecule has 0 aliphatic rings. The molecule has 0 fully saturated rings. The van der Waals surface area contributed by atoms with Crippen LogP contribution in [-0.2, 0) is 0 Å². The van der Waals surface area contributed by atoms with Crippen LogP contribution in [0.25, 0.3) is 4.96 Å². The number of halogens is 1. The molecule has 0 unspecified atom stereocenters. The van der Waals surface area contributed by atoms with Gasteiger partial charge in [-0.2, -0.15) is 0 Å². The predicted molar refractivity (Wildman–Crippen MR) is 65.4 cm³/mol. The third-order valence-electron chi connectivity index (χ3n) is 2.30. The van der Waals surface area contributed by atoms with Crippen LogP contribution in [0, 0.1) is 0 Å². The van der Waals surface area contributed by atoms with E-state index in [0.29, 0.717) is 11.2 Å². The van der Waals surface area contributed by atoms with Gasteiger partial charge in [0, 0.05) is 23.8 Å². The summed E-state index contributed by atoms with van der Waals surface area (Å²) in [4.78, 5) is 9.55. The van der Waals surface area contributed by atoms with Crippen LogP contribution in [0.1, 0.15) is 26.0 Å². The van der Waals surface area contributed by atoms with Crippen LogP contribution >= 0.6 is 22.9 Å². The molecular weight excluding hydrogens is 230 g/mol. The molecule has 0 amide bonds. The lowest BCUT2D eigenvalue weighted by Gasteiger charge is -1.99. The molecule has 1 atom stereocenters. The van der Waals surface area contributed by atoms with Gasteiger partial charge in [-0.1, -0.05) is 18.5 Å². The van der Waals surface area contributed by atoms with E-state index in [-0.39, 0.29) is 0 Å². The second kappa shape index (κ2) is 4.33. The van der Waals surface area contributed by atoms with Crippen molar-refractivity contribution >= 4 is 34.1 Å². The Labute approximate surface area is 97.4 Å². The van der Waals surface area contributed by atoms with Crippen LogP contribution in [0.3, 0.4) is 0 Å². The monoisotopic (exact) mass is 241 g/mol. The number of aliphatic imine (C=N–C) groups is 1. The highest BCUT2D eigenvalue weighted by Crippen LogP contribution is 2.19. The van der Waals surface area contributed by atoms with Crippen molar-refractivity contribution in [3.63, 3.8) is 0 Å². The zero-order valence-corrected chi connectivity index (χ0v) is 10.2. The standard InChI is InChI=1S/C10H12ClN3S/c1-3-7(2)12-6-8-9(11)13-10-14(8)4-5-15-10/h4-7H,3H2,1-2H3/t7-/m1/s1. The summed E-state index contributed by atoms with van der Waals surface area (Å²) in [7, 11) is 0. The maximum absolute atomic E-state index is 6.02. The molecule has 2 aromatic heterocycles. The Morgan fingerprint density at radius 2 is 2.53 bits per heavy atom. The molecule has 0 spiro atoms. The summed E-state index contributed by atoms with van der Waals surface area (Å²) in [6, 6.07) is 0.324. The van der Waals surface area contributed by atoms with E-state index in [1.165, 1.54) is 0 Å². The van der Waals surface area contributed by atoms with Crippen molar-refractivity contribution < 1.29 is 0 Å². The molecule has 0 aliphatic heterocycles. The fraction of sp³-hybridized carbons (Fsp3) is 0.400. The lowest BCUT2D eigenvalue weighted by Crippen LogP contribution is -1.97. The van der Waals surface area contributed by atoms with Crippen LogP contribution in [0.4, 0.5) is 0 Å². The minimum atomic E-state index is 0.324. The number of fused-ring (bicyclic) bond motifs is 1. The van der Waals surface area contributed by atoms with Crippen molar-refractivity contribution in [2.45, 2.75) is 26.3 Å². The van der Waals surface area contributed by atoms with E-state index < -0.39 is 0 Å². The quantitative estimate of drug-likeness (QED) is 0.759. The second-order valence-electron chi connectivity index (χ2n) is 3.38. The van der Waals surface area contributed by atoms with Gasteiger partial charge in [-0.3, -0.25) is 9.39 Å². The van der Waals surface area contributed by atoms with Gasteiger partial charge in [0.2, 0.25) is 0 Å². The zero-order chi connectivity index (χ0) is 10.8. The van der Waals surface area contributed by atoms with Crippen LogP contribution in [0.2, 0.25) is 5.15 Å². The van der Waals surface area contributed by atoms with Crippen molar-refractivity contribution in [1.82, 2.24) is 9.38 Å². The summed E-state index contributed by atoms with van der Waals surface area (Å²) in [5.74, 6) is 0. The Kier molecular flexibility index (Phi) is 3.07. The first kappa shape index (κ1) is 10.6. The Morgan fingerprint density at radius 1 is 1.73 bits per heavy atom. The number of hydrogen-bond donors (Lipinski definition) is 0. The van der Waals surface area contributed by atoms with Crippen LogP contribution < -0.4 is 0 Å². The maximum atomic E-state index is 6.02. The summed E-state index contributed by atoms with van der Waals surface area (Å²) < 4.78 is 1.96. The van der Waals surface area contributed by atoms with E-state index in [4.69, 9.17) is 11.6 Å². The highest BCUT2D eigenvalue weighted by Gasteiger charge is 2.08. The Morgan fingerprint density at radius 3 is 3.27 bits per heavy atom. The van der Waals surface area contributed by atoms with Crippen LogP contribution in [0.5, 0.6) is 0 Å². The van der Waals surface area contributed by atoms with Crippen LogP contribution in [0.15, 0.2) is 16.6 Å². The van der Waals surface area contributed by atoms with E-state index in [1.54, 1.807) is 11.3 Å². The summed E-state index contributed by atoms with van der Waals surface area (Å²) >= 11 is 7.59. The molecule has 3 nitrogen and oxygen atoms in total. The molecule has 0 aromatic carbocycles. The number of hydrogen-bond acceptors (Lipinski definition) is 3. The number of rotatable bonds is 3. The summed E-state index contributed by atoms with van der Waals surface area (Å²) in [5.41, 5.74) is 0.869. The first-order chi connectivity index (χ1) is 7.22. The molecule has 2 heterocycles. The number of imidazole rings is 1. The van der Waals surface area contributed by atoms with Crippen molar-refractivity contribution in [3.8, 4) is 0 Å². The van der Waals surface area contributed by atoms with E-state index in [0.717, 1.165) is 17.1 Å². The largest absolute Gasteiger partial charge is 0.288 e. The van der Waals surface area contributed by atoms with Gasteiger partial charge in [0.1, 0.15) is 5.69 Å². The van der Waals surface area contributed by atoms with Crippen molar-refractivity contribution in [2.75, 3.05) is 0 Å². The highest BCUT2D eigenvalue weighted by atomic mass is 35.5. The summed E-state index contributed by atoms with van der Waals surface area (Å²) in [6.07, 6.45) is 4.79.